The number of hydrogen-bond acceptors (Lipinski definition) is 2. The molecule has 0 aliphatic heterocycles. The molecule has 0 saturated heterocycles. The molecule has 1 N–H and O–H groups in total. The van der Waals surface area contributed by atoms with E-state index in [1.165, 1.54) is 12.1 Å². The summed E-state index contributed by atoms with van der Waals surface area (Å²) in [5, 5.41) is 3.18. The maximum absolute atomic E-state index is 12.7. The van der Waals surface area contributed by atoms with Crippen molar-refractivity contribution in [3.8, 4) is 5.75 Å². The second kappa shape index (κ2) is 6.83. The van der Waals surface area contributed by atoms with Gasteiger partial charge >= 0.3 is 0 Å². The summed E-state index contributed by atoms with van der Waals surface area (Å²) in [6, 6.07) is 6.00. The Kier molecular flexibility index (Phi) is 5.42. The van der Waals surface area contributed by atoms with Gasteiger partial charge in [-0.25, -0.2) is 4.39 Å². The highest BCUT2D eigenvalue weighted by atomic mass is 19.1. The molecule has 1 rings (SSSR count). The van der Waals surface area contributed by atoms with Crippen LogP contribution in [-0.4, -0.2) is 44.7 Å². The van der Waals surface area contributed by atoms with Crippen LogP contribution in [0, 0.1) is 5.82 Å². The Balaban J connectivity index is 2.42. The van der Waals surface area contributed by atoms with Gasteiger partial charge in [0.25, 0.3) is 0 Å². The molecule has 0 amide bonds. The molecule has 0 radical (unpaired) electrons. The number of nitrogens with one attached hydrogen (secondary N) is 1. The lowest BCUT2D eigenvalue weighted by molar-refractivity contribution is 0.222. The van der Waals surface area contributed by atoms with E-state index >= 15 is 0 Å². The molecule has 5 heteroatoms. The molecule has 0 heterocycles. The average Bonchev–Trinajstić information content (AvgIpc) is 2.32. The van der Waals surface area contributed by atoms with Crippen molar-refractivity contribution >= 4 is 5.96 Å². The summed E-state index contributed by atoms with van der Waals surface area (Å²) in [5.74, 6) is 1.19. The van der Waals surface area contributed by atoms with E-state index in [1.54, 1.807) is 19.2 Å². The summed E-state index contributed by atoms with van der Waals surface area (Å²) in [6.45, 7) is 2.57. The van der Waals surface area contributed by atoms with Crippen molar-refractivity contribution in [1.29, 1.82) is 0 Å². The Labute approximate surface area is 107 Å². The molecule has 0 aliphatic carbocycles. The van der Waals surface area contributed by atoms with Crippen molar-refractivity contribution in [1.82, 2.24) is 10.2 Å². The van der Waals surface area contributed by atoms with Crippen LogP contribution in [0.5, 0.6) is 5.75 Å². The van der Waals surface area contributed by atoms with Crippen molar-refractivity contribution in [2.75, 3.05) is 27.7 Å². The van der Waals surface area contributed by atoms with Crippen LogP contribution in [0.3, 0.4) is 0 Å². The predicted octanol–water partition coefficient (Wildman–Crippen LogP) is 1.73. The number of rotatable bonds is 4. The molecule has 18 heavy (non-hydrogen) atoms. The van der Waals surface area contributed by atoms with Crippen LogP contribution in [0.4, 0.5) is 4.39 Å². The molecule has 4 nitrogen and oxygen atoms in total. The van der Waals surface area contributed by atoms with Crippen molar-refractivity contribution in [2.24, 2.45) is 4.99 Å². The summed E-state index contributed by atoms with van der Waals surface area (Å²) in [4.78, 5) is 6.00. The molecule has 0 saturated carbocycles. The van der Waals surface area contributed by atoms with E-state index in [-0.39, 0.29) is 11.9 Å². The third-order valence-electron chi connectivity index (χ3n) is 2.33. The van der Waals surface area contributed by atoms with Gasteiger partial charge in [-0.3, -0.25) is 4.99 Å². The lowest BCUT2D eigenvalue weighted by Crippen LogP contribution is -2.41. The summed E-state index contributed by atoms with van der Waals surface area (Å²) in [7, 11) is 5.56. The van der Waals surface area contributed by atoms with Gasteiger partial charge < -0.3 is 15.0 Å². The fourth-order valence-electron chi connectivity index (χ4n) is 1.46. The molecule has 1 aromatic rings. The lowest BCUT2D eigenvalue weighted by Gasteiger charge is -2.20. The van der Waals surface area contributed by atoms with Crippen LogP contribution >= 0.6 is 0 Å². The Morgan fingerprint density at radius 2 is 2.00 bits per heavy atom. The van der Waals surface area contributed by atoms with Gasteiger partial charge in [-0.1, -0.05) is 0 Å². The van der Waals surface area contributed by atoms with E-state index < -0.39 is 0 Å². The molecule has 1 unspecified atom stereocenters. The van der Waals surface area contributed by atoms with Gasteiger partial charge in [0.1, 0.15) is 17.7 Å². The highest BCUT2D eigenvalue weighted by molar-refractivity contribution is 5.79. The third-order valence-corrected chi connectivity index (χ3v) is 2.33. The Morgan fingerprint density at radius 1 is 1.39 bits per heavy atom. The van der Waals surface area contributed by atoms with Crippen LogP contribution in [0.15, 0.2) is 29.3 Å². The van der Waals surface area contributed by atoms with Crippen molar-refractivity contribution in [2.45, 2.75) is 13.0 Å². The number of guanidine groups is 1. The quantitative estimate of drug-likeness (QED) is 0.656. The number of nitrogens with zero attached hydrogens (tertiary/aromatic N) is 2. The van der Waals surface area contributed by atoms with Crippen molar-refractivity contribution in [3.05, 3.63) is 30.1 Å². The van der Waals surface area contributed by atoms with Crippen molar-refractivity contribution < 1.29 is 9.13 Å². The van der Waals surface area contributed by atoms with Crippen LogP contribution in [0.25, 0.3) is 0 Å². The molecule has 0 fully saturated rings. The minimum atomic E-state index is -0.263. The largest absolute Gasteiger partial charge is 0.489 e. The fourth-order valence-corrected chi connectivity index (χ4v) is 1.46. The first-order valence-electron chi connectivity index (χ1n) is 5.83. The van der Waals surface area contributed by atoms with Gasteiger partial charge in [-0.2, -0.15) is 0 Å². The average molecular weight is 253 g/mol. The Morgan fingerprint density at radius 3 is 2.50 bits per heavy atom. The molecule has 0 spiro atoms. The molecular formula is C13H20FN3O. The predicted molar refractivity (Wildman–Crippen MR) is 71.5 cm³/mol. The second-order valence-electron chi connectivity index (χ2n) is 4.20. The van der Waals surface area contributed by atoms with Crippen LogP contribution in [-0.2, 0) is 0 Å². The van der Waals surface area contributed by atoms with E-state index in [9.17, 15) is 4.39 Å². The zero-order valence-corrected chi connectivity index (χ0v) is 11.3. The normalized spacial score (nSPS) is 13.1. The Hall–Kier alpha value is -1.78. The van der Waals surface area contributed by atoms with E-state index in [0.29, 0.717) is 12.3 Å². The van der Waals surface area contributed by atoms with E-state index in [2.05, 4.69) is 10.3 Å². The molecule has 0 bridgehead atoms. The zero-order chi connectivity index (χ0) is 13.5. The highest BCUT2D eigenvalue weighted by Crippen LogP contribution is 2.12. The summed E-state index contributed by atoms with van der Waals surface area (Å²) < 4.78 is 18.4. The first-order chi connectivity index (χ1) is 8.52. The van der Waals surface area contributed by atoms with Crippen molar-refractivity contribution in [3.63, 3.8) is 0 Å². The number of aliphatic imine (C=N–C) groups is 1. The molecule has 0 aliphatic rings. The molecular weight excluding hydrogens is 233 g/mol. The van der Waals surface area contributed by atoms with Crippen LogP contribution in [0.2, 0.25) is 0 Å². The second-order valence-corrected chi connectivity index (χ2v) is 4.20. The lowest BCUT2D eigenvalue weighted by atomic mass is 10.3. The Bertz CT molecular complexity index is 390. The number of halogens is 1. The molecule has 0 aromatic heterocycles. The summed E-state index contributed by atoms with van der Waals surface area (Å²) in [5.41, 5.74) is 0. The number of hydrogen-bond donors (Lipinski definition) is 1. The van der Waals surface area contributed by atoms with E-state index in [0.717, 1.165) is 5.96 Å². The third kappa shape index (κ3) is 4.61. The fraction of sp³-hybridized carbons (Fsp3) is 0.462. The standard InChI is InChI=1S/C13H20FN3O/c1-10(9-16-13(15-2)17(3)4)18-12-7-5-11(14)6-8-12/h5-8,10H,9H2,1-4H3,(H,15,16). The van der Waals surface area contributed by atoms with Gasteiger partial charge in [-0.15, -0.1) is 0 Å². The van der Waals surface area contributed by atoms with Gasteiger partial charge in [0.2, 0.25) is 0 Å². The smallest absolute Gasteiger partial charge is 0.193 e. The van der Waals surface area contributed by atoms with E-state index in [4.69, 9.17) is 4.74 Å². The maximum Gasteiger partial charge on any atom is 0.193 e. The zero-order valence-electron chi connectivity index (χ0n) is 11.3. The first-order valence-corrected chi connectivity index (χ1v) is 5.83. The minimum absolute atomic E-state index is 0.0350. The van der Waals surface area contributed by atoms with Gasteiger partial charge in [-0.05, 0) is 31.2 Å². The summed E-state index contributed by atoms with van der Waals surface area (Å²) in [6.07, 6.45) is -0.0350. The van der Waals surface area contributed by atoms with Gasteiger partial charge in [0, 0.05) is 21.1 Å². The summed E-state index contributed by atoms with van der Waals surface area (Å²) >= 11 is 0. The topological polar surface area (TPSA) is 36.9 Å². The SMILES string of the molecule is CN=C(NCC(C)Oc1ccc(F)cc1)N(C)C. The molecule has 1 atom stereocenters. The van der Waals surface area contributed by atoms with Crippen LogP contribution in [0.1, 0.15) is 6.92 Å². The monoisotopic (exact) mass is 253 g/mol. The molecule has 1 aromatic carbocycles. The maximum atomic E-state index is 12.7. The van der Waals surface area contributed by atoms with Gasteiger partial charge in [0.15, 0.2) is 5.96 Å². The number of ether oxygens (including phenoxy) is 1. The van der Waals surface area contributed by atoms with Crippen LogP contribution < -0.4 is 10.1 Å². The van der Waals surface area contributed by atoms with E-state index in [1.807, 2.05) is 25.9 Å². The minimum Gasteiger partial charge on any atom is -0.489 e. The highest BCUT2D eigenvalue weighted by Gasteiger charge is 2.06. The van der Waals surface area contributed by atoms with Gasteiger partial charge in [0.05, 0.1) is 6.54 Å². The number of benzene rings is 1. The first kappa shape index (κ1) is 14.3. The molecule has 100 valence electrons.